The van der Waals surface area contributed by atoms with Crippen LogP contribution >= 0.6 is 0 Å². The predicted molar refractivity (Wildman–Crippen MR) is 41.0 cm³/mol. The summed E-state index contributed by atoms with van der Waals surface area (Å²) in [5, 5.41) is 0. The number of halogens is 3. The number of fused-ring (bicyclic) bond motifs is 1. The maximum atomic E-state index is 12.4. The van der Waals surface area contributed by atoms with E-state index in [0.29, 0.717) is 19.1 Å². The number of hydrogen-bond acceptors (Lipinski definition) is 2. The standard InChI is InChI=1S/C9H7F3O2/c10-9(11,12)5-4-14-7-3-1-2-6(13)8(5)7/h4H,1-3H2. The molecule has 1 heterocycles. The van der Waals surface area contributed by atoms with E-state index in [0.717, 1.165) is 0 Å². The first-order valence-electron chi connectivity index (χ1n) is 4.21. The van der Waals surface area contributed by atoms with Crippen LogP contribution in [0, 0.1) is 0 Å². The molecule has 0 bridgehead atoms. The second-order valence-electron chi connectivity index (χ2n) is 3.22. The Hall–Kier alpha value is -1.26. The van der Waals surface area contributed by atoms with Crippen molar-refractivity contribution in [3.8, 4) is 0 Å². The van der Waals surface area contributed by atoms with E-state index in [1.807, 2.05) is 0 Å². The third kappa shape index (κ3) is 1.32. The van der Waals surface area contributed by atoms with Crippen LogP contribution in [0.2, 0.25) is 0 Å². The van der Waals surface area contributed by atoms with Gasteiger partial charge in [0.1, 0.15) is 17.6 Å². The Morgan fingerprint density at radius 2 is 2.00 bits per heavy atom. The summed E-state index contributed by atoms with van der Waals surface area (Å²) in [4.78, 5) is 11.3. The van der Waals surface area contributed by atoms with E-state index < -0.39 is 17.5 Å². The van der Waals surface area contributed by atoms with Crippen LogP contribution in [0.4, 0.5) is 13.2 Å². The van der Waals surface area contributed by atoms with Gasteiger partial charge in [0.05, 0.1) is 5.56 Å². The molecule has 1 aromatic heterocycles. The third-order valence-corrected chi connectivity index (χ3v) is 2.26. The van der Waals surface area contributed by atoms with Crippen molar-refractivity contribution in [1.82, 2.24) is 0 Å². The molecule has 76 valence electrons. The highest BCUT2D eigenvalue weighted by Gasteiger charge is 2.39. The van der Waals surface area contributed by atoms with Crippen molar-refractivity contribution in [2.45, 2.75) is 25.4 Å². The molecule has 0 amide bonds. The average molecular weight is 204 g/mol. The molecule has 0 aliphatic heterocycles. The Balaban J connectivity index is 2.54. The first-order valence-corrected chi connectivity index (χ1v) is 4.21. The van der Waals surface area contributed by atoms with Gasteiger partial charge in [-0.05, 0) is 6.42 Å². The van der Waals surface area contributed by atoms with Crippen LogP contribution in [0.25, 0.3) is 0 Å². The topological polar surface area (TPSA) is 30.2 Å². The highest BCUT2D eigenvalue weighted by molar-refractivity contribution is 5.99. The fourth-order valence-electron chi connectivity index (χ4n) is 1.63. The molecule has 1 aromatic rings. The van der Waals surface area contributed by atoms with Gasteiger partial charge in [0.15, 0.2) is 5.78 Å². The van der Waals surface area contributed by atoms with Crippen molar-refractivity contribution in [2.75, 3.05) is 0 Å². The predicted octanol–water partition coefficient (Wildman–Crippen LogP) is 2.82. The highest BCUT2D eigenvalue weighted by atomic mass is 19.4. The fraction of sp³-hybridized carbons (Fsp3) is 0.444. The molecule has 2 rings (SSSR count). The van der Waals surface area contributed by atoms with Crippen LogP contribution in [0.1, 0.15) is 34.5 Å². The van der Waals surface area contributed by atoms with E-state index in [1.54, 1.807) is 0 Å². The number of carbonyl (C=O) groups excluding carboxylic acids is 1. The normalized spacial score (nSPS) is 16.9. The quantitative estimate of drug-likeness (QED) is 0.650. The summed E-state index contributed by atoms with van der Waals surface area (Å²) in [5.41, 5.74) is -1.19. The summed E-state index contributed by atoms with van der Waals surface area (Å²) in [5.74, 6) is -0.291. The van der Waals surface area contributed by atoms with Gasteiger partial charge >= 0.3 is 6.18 Å². The van der Waals surface area contributed by atoms with Crippen LogP contribution in [0.15, 0.2) is 10.7 Å². The van der Waals surface area contributed by atoms with Crippen LogP contribution in [0.3, 0.4) is 0 Å². The minimum atomic E-state index is -4.50. The van der Waals surface area contributed by atoms with Gasteiger partial charge in [-0.1, -0.05) is 0 Å². The molecule has 0 radical (unpaired) electrons. The van der Waals surface area contributed by atoms with Crippen LogP contribution in [0.5, 0.6) is 0 Å². The Bertz CT molecular complexity index is 376. The van der Waals surface area contributed by atoms with Crippen molar-refractivity contribution in [3.05, 3.63) is 23.2 Å². The number of carbonyl (C=O) groups is 1. The SMILES string of the molecule is O=C1CCCc2occ(C(F)(F)F)c21. The van der Waals surface area contributed by atoms with Gasteiger partial charge in [0, 0.05) is 12.8 Å². The van der Waals surface area contributed by atoms with Crippen LogP contribution in [-0.4, -0.2) is 5.78 Å². The molecule has 0 fully saturated rings. The maximum absolute atomic E-state index is 12.4. The number of rotatable bonds is 0. The summed E-state index contributed by atoms with van der Waals surface area (Å²) >= 11 is 0. The van der Waals surface area contributed by atoms with E-state index in [4.69, 9.17) is 4.42 Å². The Labute approximate surface area is 77.7 Å². The van der Waals surface area contributed by atoms with Crippen molar-refractivity contribution in [1.29, 1.82) is 0 Å². The molecule has 0 saturated carbocycles. The first kappa shape index (κ1) is 9.30. The smallest absolute Gasteiger partial charge is 0.420 e. The van der Waals surface area contributed by atoms with Crippen molar-refractivity contribution < 1.29 is 22.4 Å². The molecule has 1 aliphatic carbocycles. The molecule has 0 unspecified atom stereocenters. The second kappa shape index (κ2) is 2.87. The Morgan fingerprint density at radius 3 is 2.64 bits per heavy atom. The van der Waals surface area contributed by atoms with Crippen molar-refractivity contribution >= 4 is 5.78 Å². The molecule has 0 saturated heterocycles. The number of furan rings is 1. The van der Waals surface area contributed by atoms with E-state index in [2.05, 4.69) is 0 Å². The Kier molecular flexibility index (Phi) is 1.90. The van der Waals surface area contributed by atoms with Gasteiger partial charge in [-0.15, -0.1) is 0 Å². The monoisotopic (exact) mass is 204 g/mol. The zero-order valence-corrected chi connectivity index (χ0v) is 7.15. The van der Waals surface area contributed by atoms with Gasteiger partial charge in [-0.3, -0.25) is 4.79 Å². The van der Waals surface area contributed by atoms with Gasteiger partial charge in [-0.2, -0.15) is 13.2 Å². The molecular weight excluding hydrogens is 197 g/mol. The van der Waals surface area contributed by atoms with Crippen molar-refractivity contribution in [2.24, 2.45) is 0 Å². The summed E-state index contributed by atoms with van der Waals surface area (Å²) in [6.07, 6.45) is -2.71. The molecule has 0 N–H and O–H groups in total. The molecule has 5 heteroatoms. The summed E-state index contributed by atoms with van der Waals surface area (Å²) in [7, 11) is 0. The molecule has 0 aromatic carbocycles. The van der Waals surface area contributed by atoms with Crippen LogP contribution < -0.4 is 0 Å². The number of hydrogen-bond donors (Lipinski definition) is 0. The number of ketones is 1. The third-order valence-electron chi connectivity index (χ3n) is 2.26. The van der Waals surface area contributed by atoms with Gasteiger partial charge < -0.3 is 4.42 Å². The zero-order chi connectivity index (χ0) is 10.3. The first-order chi connectivity index (χ1) is 6.50. The zero-order valence-electron chi connectivity index (χ0n) is 7.15. The lowest BCUT2D eigenvalue weighted by Crippen LogP contribution is -2.15. The molecule has 0 atom stereocenters. The Morgan fingerprint density at radius 1 is 1.29 bits per heavy atom. The summed E-state index contributed by atoms with van der Waals surface area (Å²) in [6, 6.07) is 0. The summed E-state index contributed by atoms with van der Waals surface area (Å²) in [6.45, 7) is 0. The lowest BCUT2D eigenvalue weighted by molar-refractivity contribution is -0.138. The van der Waals surface area contributed by atoms with E-state index in [-0.39, 0.29) is 17.7 Å². The molecule has 14 heavy (non-hydrogen) atoms. The number of alkyl halides is 3. The van der Waals surface area contributed by atoms with E-state index >= 15 is 0 Å². The van der Waals surface area contributed by atoms with Gasteiger partial charge in [0.2, 0.25) is 0 Å². The number of Topliss-reactive ketones (excluding diaryl/α,β-unsaturated/α-hetero) is 1. The largest absolute Gasteiger partial charge is 0.468 e. The molecule has 1 aliphatic rings. The summed E-state index contributed by atoms with van der Waals surface area (Å²) < 4.78 is 41.9. The van der Waals surface area contributed by atoms with Crippen LogP contribution in [-0.2, 0) is 12.6 Å². The lowest BCUT2D eigenvalue weighted by atomic mass is 9.94. The average Bonchev–Trinajstić information content (AvgIpc) is 2.47. The van der Waals surface area contributed by atoms with Crippen molar-refractivity contribution in [3.63, 3.8) is 0 Å². The van der Waals surface area contributed by atoms with E-state index in [1.165, 1.54) is 0 Å². The molecular formula is C9H7F3O2. The minimum Gasteiger partial charge on any atom is -0.468 e. The number of aryl methyl sites for hydroxylation is 1. The van der Waals surface area contributed by atoms with Gasteiger partial charge in [-0.25, -0.2) is 0 Å². The second-order valence-corrected chi connectivity index (χ2v) is 3.22. The molecule has 2 nitrogen and oxygen atoms in total. The van der Waals surface area contributed by atoms with Gasteiger partial charge in [0.25, 0.3) is 0 Å². The highest BCUT2D eigenvalue weighted by Crippen LogP contribution is 2.37. The minimum absolute atomic E-state index is 0.175. The molecule has 0 spiro atoms. The lowest BCUT2D eigenvalue weighted by Gasteiger charge is -2.11. The maximum Gasteiger partial charge on any atom is 0.420 e. The van der Waals surface area contributed by atoms with E-state index in [9.17, 15) is 18.0 Å². The fourth-order valence-corrected chi connectivity index (χ4v) is 1.63.